The number of aliphatic hydroxyl groups is 1. The SMILES string of the molecule is Cc1nc(C2CCC(C)CC2)sc1C(C)O. The summed E-state index contributed by atoms with van der Waals surface area (Å²) in [5, 5.41) is 10.9. The van der Waals surface area contributed by atoms with E-state index in [-0.39, 0.29) is 6.10 Å². The van der Waals surface area contributed by atoms with Crippen molar-refractivity contribution in [2.24, 2.45) is 5.92 Å². The minimum atomic E-state index is -0.367. The van der Waals surface area contributed by atoms with Crippen LogP contribution in [0.3, 0.4) is 0 Å². The summed E-state index contributed by atoms with van der Waals surface area (Å²) in [4.78, 5) is 5.69. The highest BCUT2D eigenvalue weighted by Gasteiger charge is 2.23. The molecule has 0 amide bonds. The fraction of sp³-hybridized carbons (Fsp3) is 0.769. The Balaban J connectivity index is 2.12. The van der Waals surface area contributed by atoms with E-state index in [0.29, 0.717) is 5.92 Å². The van der Waals surface area contributed by atoms with E-state index in [4.69, 9.17) is 0 Å². The molecule has 16 heavy (non-hydrogen) atoms. The Morgan fingerprint density at radius 3 is 2.44 bits per heavy atom. The van der Waals surface area contributed by atoms with Gasteiger partial charge in [0, 0.05) is 5.92 Å². The predicted octanol–water partition coefficient (Wildman–Crippen LogP) is 3.80. The predicted molar refractivity (Wildman–Crippen MR) is 67.9 cm³/mol. The second kappa shape index (κ2) is 4.84. The molecule has 1 unspecified atom stereocenters. The topological polar surface area (TPSA) is 33.1 Å². The number of aliphatic hydroxyl groups excluding tert-OH is 1. The van der Waals surface area contributed by atoms with Crippen molar-refractivity contribution in [1.82, 2.24) is 4.98 Å². The Morgan fingerprint density at radius 1 is 1.31 bits per heavy atom. The average Bonchev–Trinajstić information content (AvgIpc) is 2.61. The van der Waals surface area contributed by atoms with Gasteiger partial charge in [-0.25, -0.2) is 4.98 Å². The van der Waals surface area contributed by atoms with Crippen LogP contribution in [0.25, 0.3) is 0 Å². The summed E-state index contributed by atoms with van der Waals surface area (Å²) in [5.41, 5.74) is 1.02. The highest BCUT2D eigenvalue weighted by Crippen LogP contribution is 2.39. The molecule has 1 aliphatic rings. The Hall–Kier alpha value is -0.410. The van der Waals surface area contributed by atoms with E-state index in [1.807, 2.05) is 13.8 Å². The average molecular weight is 239 g/mol. The second-order valence-corrected chi connectivity index (χ2v) is 6.20. The third-order valence-electron chi connectivity index (χ3n) is 3.59. The molecule has 0 spiro atoms. The van der Waals surface area contributed by atoms with Crippen LogP contribution >= 0.6 is 11.3 Å². The molecule has 1 fully saturated rings. The Labute approximate surface area is 102 Å². The molecule has 1 atom stereocenters. The van der Waals surface area contributed by atoms with Crippen LogP contribution in [0.15, 0.2) is 0 Å². The van der Waals surface area contributed by atoms with E-state index in [1.165, 1.54) is 30.7 Å². The molecule has 1 aromatic rings. The maximum atomic E-state index is 9.63. The third kappa shape index (κ3) is 2.46. The third-order valence-corrected chi connectivity index (χ3v) is 5.08. The van der Waals surface area contributed by atoms with Gasteiger partial charge in [-0.2, -0.15) is 0 Å². The molecule has 90 valence electrons. The van der Waals surface area contributed by atoms with Gasteiger partial charge in [0.15, 0.2) is 0 Å². The lowest BCUT2D eigenvalue weighted by Crippen LogP contribution is -2.10. The van der Waals surface area contributed by atoms with Crippen molar-refractivity contribution in [2.45, 2.75) is 58.5 Å². The van der Waals surface area contributed by atoms with Gasteiger partial charge < -0.3 is 5.11 Å². The van der Waals surface area contributed by atoms with Gasteiger partial charge in [-0.1, -0.05) is 19.8 Å². The van der Waals surface area contributed by atoms with Crippen LogP contribution in [-0.4, -0.2) is 10.1 Å². The first-order valence-electron chi connectivity index (χ1n) is 6.23. The highest BCUT2D eigenvalue weighted by molar-refractivity contribution is 7.11. The lowest BCUT2D eigenvalue weighted by atomic mass is 9.83. The normalized spacial score (nSPS) is 28.0. The number of nitrogens with zero attached hydrogens (tertiary/aromatic N) is 1. The van der Waals surface area contributed by atoms with Crippen LogP contribution in [0.4, 0.5) is 0 Å². The summed E-state index contributed by atoms with van der Waals surface area (Å²) in [6.07, 6.45) is 4.83. The molecular weight excluding hydrogens is 218 g/mol. The summed E-state index contributed by atoms with van der Waals surface area (Å²) < 4.78 is 0. The first-order valence-corrected chi connectivity index (χ1v) is 7.05. The Morgan fingerprint density at radius 2 is 1.94 bits per heavy atom. The van der Waals surface area contributed by atoms with E-state index in [2.05, 4.69) is 11.9 Å². The van der Waals surface area contributed by atoms with Gasteiger partial charge in [-0.3, -0.25) is 0 Å². The van der Waals surface area contributed by atoms with Crippen LogP contribution in [0, 0.1) is 12.8 Å². The minimum absolute atomic E-state index is 0.367. The number of aryl methyl sites for hydroxylation is 1. The molecule has 0 saturated heterocycles. The molecular formula is C13H21NOS. The molecule has 0 radical (unpaired) electrons. The lowest BCUT2D eigenvalue weighted by Gasteiger charge is -2.24. The zero-order chi connectivity index (χ0) is 11.7. The summed E-state index contributed by atoms with van der Waals surface area (Å²) in [5.74, 6) is 1.53. The molecule has 0 aromatic carbocycles. The van der Waals surface area contributed by atoms with Crippen LogP contribution in [0.1, 0.15) is 67.1 Å². The van der Waals surface area contributed by atoms with Crippen LogP contribution in [0.2, 0.25) is 0 Å². The number of rotatable bonds is 2. The van der Waals surface area contributed by atoms with Gasteiger partial charge in [-0.05, 0) is 32.6 Å². The number of hydrogen-bond acceptors (Lipinski definition) is 3. The maximum Gasteiger partial charge on any atom is 0.0962 e. The first-order chi connectivity index (χ1) is 7.58. The molecule has 1 aliphatic carbocycles. The largest absolute Gasteiger partial charge is 0.388 e. The molecule has 0 bridgehead atoms. The van der Waals surface area contributed by atoms with Crippen molar-refractivity contribution < 1.29 is 5.11 Å². The van der Waals surface area contributed by atoms with E-state index >= 15 is 0 Å². The Kier molecular flexibility index (Phi) is 3.65. The zero-order valence-electron chi connectivity index (χ0n) is 10.4. The fourth-order valence-corrected chi connectivity index (χ4v) is 3.67. The molecule has 0 aliphatic heterocycles. The molecule has 1 heterocycles. The van der Waals surface area contributed by atoms with E-state index in [0.717, 1.165) is 16.5 Å². The Bertz CT molecular complexity index is 351. The summed E-state index contributed by atoms with van der Waals surface area (Å²) in [6.45, 7) is 6.17. The smallest absolute Gasteiger partial charge is 0.0962 e. The standard InChI is InChI=1S/C13H21NOS/c1-8-4-6-11(7-5-8)13-14-9(2)12(16-13)10(3)15/h8,10-11,15H,4-7H2,1-3H3. The maximum absolute atomic E-state index is 9.63. The van der Waals surface area contributed by atoms with Crippen LogP contribution in [0.5, 0.6) is 0 Å². The van der Waals surface area contributed by atoms with Crippen molar-refractivity contribution in [3.63, 3.8) is 0 Å². The van der Waals surface area contributed by atoms with Gasteiger partial charge in [0.25, 0.3) is 0 Å². The van der Waals surface area contributed by atoms with Gasteiger partial charge in [0.2, 0.25) is 0 Å². The van der Waals surface area contributed by atoms with E-state index in [1.54, 1.807) is 11.3 Å². The highest BCUT2D eigenvalue weighted by atomic mass is 32.1. The van der Waals surface area contributed by atoms with Crippen LogP contribution < -0.4 is 0 Å². The molecule has 1 N–H and O–H groups in total. The summed E-state index contributed by atoms with van der Waals surface area (Å²) in [6, 6.07) is 0. The van der Waals surface area contributed by atoms with Gasteiger partial charge >= 0.3 is 0 Å². The summed E-state index contributed by atoms with van der Waals surface area (Å²) >= 11 is 1.71. The van der Waals surface area contributed by atoms with E-state index in [9.17, 15) is 5.11 Å². The molecule has 3 heteroatoms. The minimum Gasteiger partial charge on any atom is -0.388 e. The van der Waals surface area contributed by atoms with Gasteiger partial charge in [-0.15, -0.1) is 11.3 Å². The number of thiazole rings is 1. The van der Waals surface area contributed by atoms with Crippen LogP contribution in [-0.2, 0) is 0 Å². The van der Waals surface area contributed by atoms with Crippen molar-refractivity contribution in [2.75, 3.05) is 0 Å². The molecule has 2 rings (SSSR count). The van der Waals surface area contributed by atoms with E-state index < -0.39 is 0 Å². The fourth-order valence-electron chi connectivity index (χ4n) is 2.50. The quantitative estimate of drug-likeness (QED) is 0.851. The first kappa shape index (κ1) is 12.1. The number of aromatic nitrogens is 1. The van der Waals surface area contributed by atoms with Crippen molar-refractivity contribution >= 4 is 11.3 Å². The number of hydrogen-bond donors (Lipinski definition) is 1. The van der Waals surface area contributed by atoms with Crippen molar-refractivity contribution in [3.05, 3.63) is 15.6 Å². The van der Waals surface area contributed by atoms with Crippen molar-refractivity contribution in [1.29, 1.82) is 0 Å². The monoisotopic (exact) mass is 239 g/mol. The van der Waals surface area contributed by atoms with Gasteiger partial charge in [0.05, 0.1) is 21.7 Å². The zero-order valence-corrected chi connectivity index (χ0v) is 11.2. The molecule has 1 aromatic heterocycles. The molecule has 1 saturated carbocycles. The lowest BCUT2D eigenvalue weighted by molar-refractivity contribution is 0.202. The van der Waals surface area contributed by atoms with Gasteiger partial charge in [0.1, 0.15) is 0 Å². The second-order valence-electron chi connectivity index (χ2n) is 5.13. The summed E-state index contributed by atoms with van der Waals surface area (Å²) in [7, 11) is 0. The van der Waals surface area contributed by atoms with Crippen molar-refractivity contribution in [3.8, 4) is 0 Å². The molecule has 2 nitrogen and oxygen atoms in total.